The summed E-state index contributed by atoms with van der Waals surface area (Å²) < 4.78 is 15.4. The van der Waals surface area contributed by atoms with Gasteiger partial charge in [0.25, 0.3) is 0 Å². The van der Waals surface area contributed by atoms with Crippen molar-refractivity contribution < 1.29 is 4.39 Å². The Morgan fingerprint density at radius 3 is 2.58 bits per heavy atom. The molecule has 0 saturated carbocycles. The Kier molecular flexibility index (Phi) is 5.97. The van der Waals surface area contributed by atoms with E-state index in [2.05, 4.69) is 37.4 Å². The summed E-state index contributed by atoms with van der Waals surface area (Å²) in [7, 11) is 0. The van der Waals surface area contributed by atoms with Gasteiger partial charge in [0.15, 0.2) is 11.6 Å². The lowest BCUT2D eigenvalue weighted by molar-refractivity contribution is 0.623. The number of anilines is 1. The fourth-order valence-electron chi connectivity index (χ4n) is 3.57. The Morgan fingerprint density at radius 2 is 1.79 bits per heavy atom. The maximum atomic E-state index is 14.5. The number of aromatic nitrogens is 5. The van der Waals surface area contributed by atoms with Crippen LogP contribution in [0.2, 0.25) is 0 Å². The number of rotatable bonds is 7. The molecule has 0 spiro atoms. The largest absolute Gasteiger partial charge is 0.367 e. The van der Waals surface area contributed by atoms with E-state index in [9.17, 15) is 4.39 Å². The lowest BCUT2D eigenvalue weighted by Crippen LogP contribution is -2.31. The van der Waals surface area contributed by atoms with E-state index >= 15 is 0 Å². The summed E-state index contributed by atoms with van der Waals surface area (Å²) >= 11 is 1.51. The van der Waals surface area contributed by atoms with Gasteiger partial charge >= 0.3 is 0 Å². The minimum atomic E-state index is -0.483. The van der Waals surface area contributed by atoms with Crippen LogP contribution in [0.4, 0.5) is 10.2 Å². The molecule has 1 atom stereocenters. The second-order valence-electron chi connectivity index (χ2n) is 7.54. The maximum absolute atomic E-state index is 14.5. The van der Waals surface area contributed by atoms with Crippen molar-refractivity contribution in [3.63, 3.8) is 0 Å². The van der Waals surface area contributed by atoms with E-state index < -0.39 is 5.82 Å². The van der Waals surface area contributed by atoms with Crippen LogP contribution in [0.1, 0.15) is 5.56 Å². The molecule has 4 heterocycles. The summed E-state index contributed by atoms with van der Waals surface area (Å²) in [4.78, 5) is 21.4. The highest BCUT2D eigenvalue weighted by atomic mass is 32.1. The second-order valence-corrected chi connectivity index (χ2v) is 8.42. The highest BCUT2D eigenvalue weighted by molar-refractivity contribution is 7.18. The molecule has 0 aliphatic heterocycles. The monoisotopic (exact) mass is 457 g/mol. The third-order valence-electron chi connectivity index (χ3n) is 5.17. The molecule has 33 heavy (non-hydrogen) atoms. The van der Waals surface area contributed by atoms with Gasteiger partial charge in [-0.3, -0.25) is 4.98 Å². The molecule has 164 valence electrons. The van der Waals surface area contributed by atoms with Crippen LogP contribution < -0.4 is 11.1 Å². The number of fused-ring (bicyclic) bond motifs is 1. The summed E-state index contributed by atoms with van der Waals surface area (Å²) in [6, 6.07) is 11.5. The van der Waals surface area contributed by atoms with Crippen LogP contribution in [0.5, 0.6) is 0 Å². The average Bonchev–Trinajstić information content (AvgIpc) is 3.28. The van der Waals surface area contributed by atoms with Gasteiger partial charge in [0.1, 0.15) is 12.1 Å². The molecule has 0 bridgehead atoms. The van der Waals surface area contributed by atoms with E-state index in [1.165, 1.54) is 29.4 Å². The van der Waals surface area contributed by atoms with Crippen LogP contribution >= 0.6 is 11.3 Å². The molecule has 0 radical (unpaired) electrons. The molecule has 0 saturated heterocycles. The Morgan fingerprint density at radius 1 is 0.970 bits per heavy atom. The lowest BCUT2D eigenvalue weighted by atomic mass is 10.1. The van der Waals surface area contributed by atoms with E-state index in [1.807, 2.05) is 23.6 Å². The summed E-state index contributed by atoms with van der Waals surface area (Å²) in [5, 5.41) is 5.35. The molecule has 0 aliphatic rings. The number of pyridine rings is 1. The molecule has 3 N–H and O–H groups in total. The zero-order valence-corrected chi connectivity index (χ0v) is 18.3. The van der Waals surface area contributed by atoms with E-state index in [1.54, 1.807) is 18.5 Å². The second kappa shape index (κ2) is 9.35. The molecule has 0 aliphatic carbocycles. The molecule has 1 aromatic carbocycles. The van der Waals surface area contributed by atoms with Crippen molar-refractivity contribution in [2.24, 2.45) is 5.73 Å². The van der Waals surface area contributed by atoms with Crippen LogP contribution in [0.25, 0.3) is 32.7 Å². The van der Waals surface area contributed by atoms with Crippen molar-refractivity contribution in [2.75, 3.05) is 11.9 Å². The Bertz CT molecular complexity index is 1380. The molecule has 9 heteroatoms. The van der Waals surface area contributed by atoms with E-state index in [0.717, 1.165) is 28.4 Å². The molecular weight excluding hydrogens is 437 g/mol. The zero-order chi connectivity index (χ0) is 22.6. The maximum Gasteiger partial charge on any atom is 0.165 e. The Labute approximate surface area is 193 Å². The van der Waals surface area contributed by atoms with Crippen molar-refractivity contribution in [1.82, 2.24) is 24.9 Å². The van der Waals surface area contributed by atoms with Gasteiger partial charge in [0.2, 0.25) is 0 Å². The van der Waals surface area contributed by atoms with Crippen molar-refractivity contribution in [3.05, 3.63) is 84.3 Å². The summed E-state index contributed by atoms with van der Waals surface area (Å²) in [6.45, 7) is 0.501. The first-order valence-electron chi connectivity index (χ1n) is 10.4. The van der Waals surface area contributed by atoms with E-state index in [4.69, 9.17) is 10.7 Å². The molecule has 0 fully saturated rings. The van der Waals surface area contributed by atoms with Crippen LogP contribution in [-0.4, -0.2) is 37.5 Å². The SMILES string of the molecule is N[C@H](CNc1nc(-c2ccncc2F)nc2c(-c3cncnc3)csc12)Cc1ccccc1. The van der Waals surface area contributed by atoms with Gasteiger partial charge in [-0.05, 0) is 18.1 Å². The normalized spacial score (nSPS) is 12.1. The molecule has 0 amide bonds. The average molecular weight is 458 g/mol. The van der Waals surface area contributed by atoms with Gasteiger partial charge in [0, 0.05) is 47.7 Å². The van der Waals surface area contributed by atoms with Gasteiger partial charge in [-0.1, -0.05) is 30.3 Å². The van der Waals surface area contributed by atoms with Crippen LogP contribution in [0.3, 0.4) is 0 Å². The Balaban J connectivity index is 1.52. The summed E-state index contributed by atoms with van der Waals surface area (Å²) in [5.74, 6) is 0.407. The number of hydrogen-bond acceptors (Lipinski definition) is 8. The predicted octanol–water partition coefficient (Wildman–Crippen LogP) is 4.33. The molecule has 7 nitrogen and oxygen atoms in total. The number of nitrogens with zero attached hydrogens (tertiary/aromatic N) is 5. The van der Waals surface area contributed by atoms with E-state index in [0.29, 0.717) is 17.9 Å². The van der Waals surface area contributed by atoms with E-state index in [-0.39, 0.29) is 17.4 Å². The third kappa shape index (κ3) is 4.55. The quantitative estimate of drug-likeness (QED) is 0.375. The standard InChI is InChI=1S/C24H20FN7S/c25-20-12-27-7-6-18(20)23-31-21-19(16-9-28-14-29-10-16)13-33-22(21)24(32-23)30-11-17(26)8-15-4-2-1-3-5-15/h1-7,9-10,12-14,17H,8,11,26H2,(H,30,31,32)/t17-/m0/s1. The van der Waals surface area contributed by atoms with Gasteiger partial charge < -0.3 is 11.1 Å². The molecule has 5 rings (SSSR count). The molecule has 4 aromatic heterocycles. The number of nitrogens with two attached hydrogens (primary N) is 1. The highest BCUT2D eigenvalue weighted by Crippen LogP contribution is 2.37. The number of hydrogen-bond donors (Lipinski definition) is 2. The zero-order valence-electron chi connectivity index (χ0n) is 17.5. The summed E-state index contributed by atoms with van der Waals surface area (Å²) in [6.07, 6.45) is 8.34. The fourth-order valence-corrected chi connectivity index (χ4v) is 4.55. The third-order valence-corrected chi connectivity index (χ3v) is 6.15. The fraction of sp³-hybridized carbons (Fsp3) is 0.125. The number of benzene rings is 1. The van der Waals surface area contributed by atoms with Crippen molar-refractivity contribution in [1.29, 1.82) is 0 Å². The van der Waals surface area contributed by atoms with Crippen molar-refractivity contribution in [2.45, 2.75) is 12.5 Å². The van der Waals surface area contributed by atoms with Crippen LogP contribution in [0, 0.1) is 5.82 Å². The van der Waals surface area contributed by atoms with Gasteiger partial charge in [-0.15, -0.1) is 11.3 Å². The molecule has 0 unspecified atom stereocenters. The van der Waals surface area contributed by atoms with Gasteiger partial charge in [-0.2, -0.15) is 0 Å². The van der Waals surface area contributed by atoms with Crippen LogP contribution in [-0.2, 0) is 6.42 Å². The van der Waals surface area contributed by atoms with Crippen molar-refractivity contribution in [3.8, 4) is 22.5 Å². The van der Waals surface area contributed by atoms with Gasteiger partial charge in [-0.25, -0.2) is 24.3 Å². The van der Waals surface area contributed by atoms with Crippen LogP contribution in [0.15, 0.2) is 72.9 Å². The molecular formula is C24H20FN7S. The Hall–Kier alpha value is -3.82. The predicted molar refractivity (Wildman–Crippen MR) is 128 cm³/mol. The first-order valence-corrected chi connectivity index (χ1v) is 11.2. The molecule has 5 aromatic rings. The highest BCUT2D eigenvalue weighted by Gasteiger charge is 2.18. The summed E-state index contributed by atoms with van der Waals surface area (Å²) in [5.41, 5.74) is 10.2. The topological polar surface area (TPSA) is 102 Å². The minimum absolute atomic E-state index is 0.125. The minimum Gasteiger partial charge on any atom is -0.367 e. The lowest BCUT2D eigenvalue weighted by Gasteiger charge is -2.15. The first kappa shape index (κ1) is 21.0. The number of halogens is 1. The smallest absolute Gasteiger partial charge is 0.165 e. The van der Waals surface area contributed by atoms with Gasteiger partial charge in [0.05, 0.1) is 22.0 Å². The number of nitrogens with one attached hydrogen (secondary N) is 1. The first-order chi connectivity index (χ1) is 16.2. The van der Waals surface area contributed by atoms with Crippen molar-refractivity contribution >= 4 is 27.4 Å². The number of thiophene rings is 1.